The lowest BCUT2D eigenvalue weighted by atomic mass is 10.1. The number of benzene rings is 2. The Morgan fingerprint density at radius 2 is 1.73 bits per heavy atom. The predicted molar refractivity (Wildman–Crippen MR) is 101 cm³/mol. The number of para-hydroxylation sites is 1. The van der Waals surface area contributed by atoms with Crippen molar-refractivity contribution in [3.8, 4) is 0 Å². The Kier molecular flexibility index (Phi) is 5.49. The Labute approximate surface area is 152 Å². The zero-order chi connectivity index (χ0) is 18.5. The number of aryl methyl sites for hydroxylation is 1. The number of rotatable bonds is 7. The number of amides is 1. The number of nitrogens with one attached hydrogen (secondary N) is 2. The van der Waals surface area contributed by atoms with Crippen LogP contribution in [0.25, 0.3) is 10.9 Å². The summed E-state index contributed by atoms with van der Waals surface area (Å²) in [5.74, 6) is -1.12. The quantitative estimate of drug-likeness (QED) is 0.506. The maximum atomic E-state index is 12.6. The summed E-state index contributed by atoms with van der Waals surface area (Å²) >= 11 is 0. The van der Waals surface area contributed by atoms with Crippen LogP contribution < -0.4 is 5.32 Å². The lowest BCUT2D eigenvalue weighted by Gasteiger charge is -2.07. The molecule has 0 aliphatic rings. The number of H-pyrrole nitrogens is 1. The molecule has 3 aromatic rings. The molecule has 0 atom stereocenters. The number of hydrogen-bond donors (Lipinski definition) is 2. The van der Waals surface area contributed by atoms with E-state index in [-0.39, 0.29) is 0 Å². The standard InChI is InChI=1S/C21H22N2O3/c1-3-26-13-16-10-8-15(9-11-16)12-22-21(25)20(24)19-14(2)23-18-7-5-4-6-17(18)19/h4-11,23H,3,12-13H2,1-2H3,(H,22,25). The van der Waals surface area contributed by atoms with Crippen molar-refractivity contribution >= 4 is 22.6 Å². The van der Waals surface area contributed by atoms with Gasteiger partial charge >= 0.3 is 0 Å². The number of carbonyl (C=O) groups is 2. The van der Waals surface area contributed by atoms with Crippen LogP contribution in [0.2, 0.25) is 0 Å². The zero-order valence-corrected chi connectivity index (χ0v) is 15.0. The van der Waals surface area contributed by atoms with Gasteiger partial charge in [0.25, 0.3) is 11.7 Å². The van der Waals surface area contributed by atoms with E-state index >= 15 is 0 Å². The summed E-state index contributed by atoms with van der Waals surface area (Å²) in [6.07, 6.45) is 0. The monoisotopic (exact) mass is 350 g/mol. The van der Waals surface area contributed by atoms with Crippen LogP contribution >= 0.6 is 0 Å². The lowest BCUT2D eigenvalue weighted by Crippen LogP contribution is -2.30. The molecule has 5 nitrogen and oxygen atoms in total. The highest BCUT2D eigenvalue weighted by atomic mass is 16.5. The molecular weight excluding hydrogens is 328 g/mol. The minimum atomic E-state index is -0.601. The fourth-order valence-corrected chi connectivity index (χ4v) is 2.92. The van der Waals surface area contributed by atoms with Crippen molar-refractivity contribution in [2.75, 3.05) is 6.61 Å². The number of aromatic amines is 1. The molecule has 0 saturated heterocycles. The maximum Gasteiger partial charge on any atom is 0.292 e. The SMILES string of the molecule is CCOCc1ccc(CNC(=O)C(=O)c2c(C)[nH]c3ccccc23)cc1. The summed E-state index contributed by atoms with van der Waals surface area (Å²) in [6, 6.07) is 15.3. The van der Waals surface area contributed by atoms with Crippen LogP contribution in [0, 0.1) is 6.92 Å². The molecule has 3 rings (SSSR count). The second kappa shape index (κ2) is 7.97. The second-order valence-electron chi connectivity index (χ2n) is 6.14. The number of fused-ring (bicyclic) bond motifs is 1. The minimum absolute atomic E-state index is 0.306. The number of aromatic nitrogens is 1. The third-order valence-corrected chi connectivity index (χ3v) is 4.28. The molecule has 1 aromatic heterocycles. The van der Waals surface area contributed by atoms with Crippen molar-refractivity contribution in [1.29, 1.82) is 0 Å². The summed E-state index contributed by atoms with van der Waals surface area (Å²) in [5, 5.41) is 3.48. The van der Waals surface area contributed by atoms with E-state index in [0.29, 0.717) is 31.0 Å². The van der Waals surface area contributed by atoms with Gasteiger partial charge in [0.15, 0.2) is 0 Å². The van der Waals surface area contributed by atoms with E-state index in [1.807, 2.05) is 55.5 Å². The molecule has 0 aliphatic heterocycles. The van der Waals surface area contributed by atoms with Crippen molar-refractivity contribution in [2.45, 2.75) is 27.0 Å². The first kappa shape index (κ1) is 17.9. The van der Waals surface area contributed by atoms with E-state index in [0.717, 1.165) is 22.0 Å². The molecule has 134 valence electrons. The van der Waals surface area contributed by atoms with Gasteiger partial charge in [-0.2, -0.15) is 0 Å². The number of ketones is 1. The minimum Gasteiger partial charge on any atom is -0.377 e. The van der Waals surface area contributed by atoms with Crippen molar-refractivity contribution < 1.29 is 14.3 Å². The Balaban J connectivity index is 1.66. The highest BCUT2D eigenvalue weighted by Gasteiger charge is 2.22. The van der Waals surface area contributed by atoms with E-state index in [4.69, 9.17) is 4.74 Å². The fourth-order valence-electron chi connectivity index (χ4n) is 2.92. The summed E-state index contributed by atoms with van der Waals surface area (Å²) in [4.78, 5) is 28.1. The van der Waals surface area contributed by atoms with Gasteiger partial charge < -0.3 is 15.0 Å². The number of carbonyl (C=O) groups excluding carboxylic acids is 2. The van der Waals surface area contributed by atoms with Gasteiger partial charge in [0, 0.05) is 29.7 Å². The first-order valence-corrected chi connectivity index (χ1v) is 8.65. The summed E-state index contributed by atoms with van der Waals surface area (Å²) in [7, 11) is 0. The summed E-state index contributed by atoms with van der Waals surface area (Å²) < 4.78 is 5.36. The van der Waals surface area contributed by atoms with Crippen molar-refractivity contribution in [3.63, 3.8) is 0 Å². The molecular formula is C21H22N2O3. The molecule has 0 aliphatic carbocycles. The van der Waals surface area contributed by atoms with E-state index in [1.165, 1.54) is 0 Å². The van der Waals surface area contributed by atoms with Crippen molar-refractivity contribution in [3.05, 3.63) is 70.9 Å². The molecule has 0 unspecified atom stereocenters. The highest BCUT2D eigenvalue weighted by molar-refractivity contribution is 6.45. The largest absolute Gasteiger partial charge is 0.377 e. The average molecular weight is 350 g/mol. The van der Waals surface area contributed by atoms with Crippen molar-refractivity contribution in [1.82, 2.24) is 10.3 Å². The first-order valence-electron chi connectivity index (χ1n) is 8.65. The van der Waals surface area contributed by atoms with Crippen molar-refractivity contribution in [2.24, 2.45) is 0 Å². The predicted octanol–water partition coefficient (Wildman–Crippen LogP) is 3.51. The van der Waals surface area contributed by atoms with E-state index in [2.05, 4.69) is 10.3 Å². The van der Waals surface area contributed by atoms with Crippen LogP contribution in [0.5, 0.6) is 0 Å². The third-order valence-electron chi connectivity index (χ3n) is 4.28. The van der Waals surface area contributed by atoms with Crippen LogP contribution in [-0.4, -0.2) is 23.3 Å². The zero-order valence-electron chi connectivity index (χ0n) is 15.0. The van der Waals surface area contributed by atoms with Gasteiger partial charge in [0.1, 0.15) is 0 Å². The smallest absolute Gasteiger partial charge is 0.292 e. The molecule has 0 spiro atoms. The molecule has 2 aromatic carbocycles. The van der Waals surface area contributed by atoms with Gasteiger partial charge in [-0.15, -0.1) is 0 Å². The van der Waals surface area contributed by atoms with Gasteiger partial charge in [-0.3, -0.25) is 9.59 Å². The molecule has 0 saturated carbocycles. The molecule has 5 heteroatoms. The van der Waals surface area contributed by atoms with Gasteiger partial charge in [-0.1, -0.05) is 42.5 Å². The molecule has 1 amide bonds. The van der Waals surface area contributed by atoms with Gasteiger partial charge in [0.05, 0.1) is 12.2 Å². The number of hydrogen-bond acceptors (Lipinski definition) is 3. The van der Waals surface area contributed by atoms with Crippen LogP contribution in [0.1, 0.15) is 34.1 Å². The Morgan fingerprint density at radius 1 is 1.04 bits per heavy atom. The Hall–Kier alpha value is -2.92. The molecule has 26 heavy (non-hydrogen) atoms. The highest BCUT2D eigenvalue weighted by Crippen LogP contribution is 2.22. The van der Waals surface area contributed by atoms with Crippen LogP contribution in [-0.2, 0) is 22.7 Å². The van der Waals surface area contributed by atoms with Gasteiger partial charge in [-0.05, 0) is 31.0 Å². The normalized spacial score (nSPS) is 10.8. The molecule has 0 fully saturated rings. The van der Waals surface area contributed by atoms with Gasteiger partial charge in [0.2, 0.25) is 0 Å². The van der Waals surface area contributed by atoms with E-state index in [9.17, 15) is 9.59 Å². The molecule has 0 radical (unpaired) electrons. The lowest BCUT2D eigenvalue weighted by molar-refractivity contribution is -0.117. The van der Waals surface area contributed by atoms with E-state index in [1.54, 1.807) is 6.92 Å². The van der Waals surface area contributed by atoms with Gasteiger partial charge in [-0.25, -0.2) is 0 Å². The maximum absolute atomic E-state index is 12.6. The average Bonchev–Trinajstić information content (AvgIpc) is 3.00. The number of Topliss-reactive ketones (excluding diaryl/α,β-unsaturated/α-hetero) is 1. The summed E-state index contributed by atoms with van der Waals surface area (Å²) in [5.41, 5.74) is 4.00. The van der Waals surface area contributed by atoms with Crippen LogP contribution in [0.4, 0.5) is 0 Å². The molecule has 1 heterocycles. The Bertz CT molecular complexity index is 926. The first-order chi connectivity index (χ1) is 12.6. The topological polar surface area (TPSA) is 71.2 Å². The third kappa shape index (κ3) is 3.83. The summed E-state index contributed by atoms with van der Waals surface area (Å²) in [6.45, 7) is 5.31. The number of ether oxygens (including phenoxy) is 1. The van der Waals surface area contributed by atoms with Crippen LogP contribution in [0.3, 0.4) is 0 Å². The second-order valence-corrected chi connectivity index (χ2v) is 6.14. The van der Waals surface area contributed by atoms with Crippen LogP contribution in [0.15, 0.2) is 48.5 Å². The van der Waals surface area contributed by atoms with E-state index < -0.39 is 11.7 Å². The fraction of sp³-hybridized carbons (Fsp3) is 0.238. The molecule has 2 N–H and O–H groups in total. The Morgan fingerprint density at radius 3 is 2.46 bits per heavy atom. The molecule has 0 bridgehead atoms.